The predicted molar refractivity (Wildman–Crippen MR) is 102 cm³/mol. The van der Waals surface area contributed by atoms with Gasteiger partial charge in [-0.15, -0.1) is 0 Å². The second-order valence-electron chi connectivity index (χ2n) is 6.47. The van der Waals surface area contributed by atoms with Crippen molar-refractivity contribution in [2.45, 2.75) is 6.92 Å². The molecule has 4 rings (SSSR count). The minimum absolute atomic E-state index is 0.0515. The highest BCUT2D eigenvalue weighted by atomic mass is 16.5. The maximum Gasteiger partial charge on any atom is 0.298 e. The van der Waals surface area contributed by atoms with Crippen molar-refractivity contribution in [2.24, 2.45) is 0 Å². The topological polar surface area (TPSA) is 117 Å². The number of nitrogens with one attached hydrogen (secondary N) is 2. The van der Waals surface area contributed by atoms with Crippen LogP contribution in [0.5, 0.6) is 5.75 Å². The molecule has 0 radical (unpaired) electrons. The summed E-state index contributed by atoms with van der Waals surface area (Å²) in [5.74, 6) is 0.156. The summed E-state index contributed by atoms with van der Waals surface area (Å²) >= 11 is 0. The molecule has 0 spiro atoms. The number of nitrogens with zero attached hydrogens (tertiary/aromatic N) is 4. The normalized spacial score (nSPS) is 14.4. The van der Waals surface area contributed by atoms with Crippen molar-refractivity contribution >= 4 is 34.4 Å². The average Bonchev–Trinajstić information content (AvgIpc) is 3.36. The number of rotatable bonds is 4. The molecule has 0 aliphatic carbocycles. The number of benzene rings is 1. The molecule has 1 aromatic carbocycles. The van der Waals surface area contributed by atoms with E-state index in [2.05, 4.69) is 20.5 Å². The molecule has 0 unspecified atom stereocenters. The van der Waals surface area contributed by atoms with E-state index in [1.807, 2.05) is 4.90 Å². The Balaban J connectivity index is 1.47. The number of carbonyl (C=O) groups is 2. The van der Waals surface area contributed by atoms with E-state index < -0.39 is 5.91 Å². The number of amides is 2. The lowest BCUT2D eigenvalue weighted by Crippen LogP contribution is -2.48. The van der Waals surface area contributed by atoms with Crippen molar-refractivity contribution in [3.8, 4) is 5.75 Å². The minimum Gasteiger partial charge on any atom is -0.494 e. The molecule has 10 nitrogen and oxygen atoms in total. The molecule has 3 aromatic rings. The molecule has 1 aliphatic heterocycles. The monoisotopic (exact) mass is 384 g/mol. The van der Waals surface area contributed by atoms with Gasteiger partial charge in [-0.2, -0.15) is 10.1 Å². The Morgan fingerprint density at radius 2 is 2.04 bits per heavy atom. The number of oxazole rings is 1. The summed E-state index contributed by atoms with van der Waals surface area (Å²) in [6, 6.07) is 3.91. The summed E-state index contributed by atoms with van der Waals surface area (Å²) in [5, 5.41) is 10.5. The highest BCUT2D eigenvalue weighted by Gasteiger charge is 2.23. The van der Waals surface area contributed by atoms with E-state index in [0.29, 0.717) is 43.6 Å². The summed E-state index contributed by atoms with van der Waals surface area (Å²) in [6.07, 6.45) is 2.99. The number of aromatic amines is 1. The first-order valence-electron chi connectivity index (χ1n) is 8.83. The van der Waals surface area contributed by atoms with Crippen LogP contribution in [0.1, 0.15) is 17.4 Å². The fourth-order valence-corrected chi connectivity index (χ4v) is 3.15. The van der Waals surface area contributed by atoms with Gasteiger partial charge in [0.1, 0.15) is 12.0 Å². The Morgan fingerprint density at radius 1 is 1.25 bits per heavy atom. The molecule has 1 fully saturated rings. The van der Waals surface area contributed by atoms with Gasteiger partial charge in [0.25, 0.3) is 11.9 Å². The largest absolute Gasteiger partial charge is 0.494 e. The average molecular weight is 384 g/mol. The summed E-state index contributed by atoms with van der Waals surface area (Å²) in [4.78, 5) is 32.0. The fourth-order valence-electron chi connectivity index (χ4n) is 3.15. The smallest absolute Gasteiger partial charge is 0.298 e. The Labute approximate surface area is 160 Å². The third-order valence-electron chi connectivity index (χ3n) is 4.73. The SMILES string of the molecule is COc1cc2[nH]ncc2cc1NC(=O)c1coc(N2CCN(C(C)=O)CC2)n1. The molecule has 2 aromatic heterocycles. The molecule has 2 N–H and O–H groups in total. The molecule has 0 bridgehead atoms. The van der Waals surface area contributed by atoms with Gasteiger partial charge in [-0.05, 0) is 6.07 Å². The zero-order valence-corrected chi connectivity index (χ0v) is 15.6. The lowest BCUT2D eigenvalue weighted by molar-refractivity contribution is -0.129. The number of anilines is 2. The molecule has 0 saturated carbocycles. The Hall–Kier alpha value is -3.56. The molecule has 1 saturated heterocycles. The predicted octanol–water partition coefficient (Wildman–Crippen LogP) is 1.48. The van der Waals surface area contributed by atoms with Crippen LogP contribution in [0.25, 0.3) is 10.9 Å². The number of H-pyrrole nitrogens is 1. The van der Waals surface area contributed by atoms with Crippen molar-refractivity contribution in [1.82, 2.24) is 20.1 Å². The highest BCUT2D eigenvalue weighted by Crippen LogP contribution is 2.29. The van der Waals surface area contributed by atoms with Crippen LogP contribution in [0.3, 0.4) is 0 Å². The molecular weight excluding hydrogens is 364 g/mol. The standard InChI is InChI=1S/C18H20N6O4/c1-11(25)23-3-5-24(6-4-23)18-21-15(10-28-18)17(26)20-14-7-12-9-19-22-13(12)8-16(14)27-2/h7-10H,3-6H2,1-2H3,(H,19,22)(H,20,26). The van der Waals surface area contributed by atoms with E-state index in [9.17, 15) is 9.59 Å². The molecule has 146 valence electrons. The molecule has 0 atom stereocenters. The van der Waals surface area contributed by atoms with Gasteiger partial charge in [0.15, 0.2) is 5.69 Å². The highest BCUT2D eigenvalue weighted by molar-refractivity contribution is 6.05. The van der Waals surface area contributed by atoms with Crippen LogP contribution in [0.15, 0.2) is 29.0 Å². The van der Waals surface area contributed by atoms with Crippen molar-refractivity contribution in [2.75, 3.05) is 43.5 Å². The van der Waals surface area contributed by atoms with Gasteiger partial charge in [0, 0.05) is 44.6 Å². The molecule has 3 heterocycles. The summed E-state index contributed by atoms with van der Waals surface area (Å²) in [6.45, 7) is 3.96. The van der Waals surface area contributed by atoms with Gasteiger partial charge in [0.2, 0.25) is 5.91 Å². The van der Waals surface area contributed by atoms with Crippen LogP contribution < -0.4 is 15.0 Å². The lowest BCUT2D eigenvalue weighted by Gasteiger charge is -2.33. The second-order valence-corrected chi connectivity index (χ2v) is 6.47. The molecule has 10 heteroatoms. The maximum atomic E-state index is 12.6. The molecule has 1 aliphatic rings. The zero-order chi connectivity index (χ0) is 19.7. The van der Waals surface area contributed by atoms with E-state index >= 15 is 0 Å². The van der Waals surface area contributed by atoms with Crippen molar-refractivity contribution < 1.29 is 18.7 Å². The number of ether oxygens (including phenoxy) is 1. The summed E-state index contributed by atoms with van der Waals surface area (Å²) < 4.78 is 10.8. The Kier molecular flexibility index (Phi) is 4.60. The van der Waals surface area contributed by atoms with Gasteiger partial charge in [0.05, 0.1) is 24.5 Å². The van der Waals surface area contributed by atoms with Gasteiger partial charge in [-0.3, -0.25) is 14.7 Å². The third-order valence-corrected chi connectivity index (χ3v) is 4.73. The molecular formula is C18H20N6O4. The summed E-state index contributed by atoms with van der Waals surface area (Å²) in [5.41, 5.74) is 1.49. The third kappa shape index (κ3) is 3.36. The quantitative estimate of drug-likeness (QED) is 0.700. The fraction of sp³-hybridized carbons (Fsp3) is 0.333. The van der Waals surface area contributed by atoms with E-state index in [-0.39, 0.29) is 11.6 Å². The van der Waals surface area contributed by atoms with E-state index in [4.69, 9.17) is 9.15 Å². The number of carbonyl (C=O) groups excluding carboxylic acids is 2. The van der Waals surface area contributed by atoms with Crippen LogP contribution >= 0.6 is 0 Å². The van der Waals surface area contributed by atoms with Crippen molar-refractivity contribution in [1.29, 1.82) is 0 Å². The maximum absolute atomic E-state index is 12.6. The lowest BCUT2D eigenvalue weighted by atomic mass is 10.2. The Morgan fingerprint density at radius 3 is 2.75 bits per heavy atom. The first-order chi connectivity index (χ1) is 13.5. The van der Waals surface area contributed by atoms with Crippen LogP contribution in [-0.4, -0.2) is 65.2 Å². The first kappa shape index (κ1) is 17.8. The Bertz CT molecular complexity index is 1020. The van der Waals surface area contributed by atoms with Gasteiger partial charge >= 0.3 is 0 Å². The number of fused-ring (bicyclic) bond motifs is 1. The van der Waals surface area contributed by atoms with E-state index in [1.54, 1.807) is 30.2 Å². The van der Waals surface area contributed by atoms with Crippen LogP contribution in [0.2, 0.25) is 0 Å². The van der Waals surface area contributed by atoms with Gasteiger partial charge < -0.3 is 24.3 Å². The van der Waals surface area contributed by atoms with Crippen molar-refractivity contribution in [3.63, 3.8) is 0 Å². The van der Waals surface area contributed by atoms with Gasteiger partial charge in [-0.1, -0.05) is 0 Å². The second kappa shape index (κ2) is 7.22. The number of methoxy groups -OCH3 is 1. The van der Waals surface area contributed by atoms with Crippen LogP contribution in [0, 0.1) is 0 Å². The number of aromatic nitrogens is 3. The number of piperazine rings is 1. The van der Waals surface area contributed by atoms with Gasteiger partial charge in [-0.25, -0.2) is 0 Å². The number of hydrogen-bond donors (Lipinski definition) is 2. The minimum atomic E-state index is -0.404. The van der Waals surface area contributed by atoms with E-state index in [0.717, 1.165) is 10.9 Å². The molecule has 2 amide bonds. The zero-order valence-electron chi connectivity index (χ0n) is 15.6. The van der Waals surface area contributed by atoms with Crippen molar-refractivity contribution in [3.05, 3.63) is 30.3 Å². The van der Waals surface area contributed by atoms with E-state index in [1.165, 1.54) is 13.4 Å². The molecule has 28 heavy (non-hydrogen) atoms. The number of hydrogen-bond acceptors (Lipinski definition) is 7. The van der Waals surface area contributed by atoms with Crippen LogP contribution in [0.4, 0.5) is 11.7 Å². The first-order valence-corrected chi connectivity index (χ1v) is 8.83. The van der Waals surface area contributed by atoms with Crippen LogP contribution in [-0.2, 0) is 4.79 Å². The summed E-state index contributed by atoms with van der Waals surface area (Å²) in [7, 11) is 1.53.